The predicted octanol–water partition coefficient (Wildman–Crippen LogP) is 1.05. The molecule has 3 N–H and O–H groups in total. The lowest BCUT2D eigenvalue weighted by Gasteiger charge is -2.08. The van der Waals surface area contributed by atoms with Crippen LogP contribution in [0.3, 0.4) is 0 Å². The van der Waals surface area contributed by atoms with Crippen LogP contribution in [0.25, 0.3) is 0 Å². The number of hydrogen-bond acceptors (Lipinski definition) is 3. The molecule has 14 heavy (non-hydrogen) atoms. The van der Waals surface area contributed by atoms with Gasteiger partial charge in [0.25, 0.3) is 5.56 Å². The fourth-order valence-electron chi connectivity index (χ4n) is 1.73. The summed E-state index contributed by atoms with van der Waals surface area (Å²) in [6.45, 7) is 0.322. The van der Waals surface area contributed by atoms with Gasteiger partial charge in [0.15, 0.2) is 0 Å². The highest BCUT2D eigenvalue weighted by Gasteiger charge is 2.18. The molecule has 2 rings (SSSR count). The second-order valence-corrected chi connectivity index (χ2v) is 4.70. The van der Waals surface area contributed by atoms with E-state index in [1.807, 2.05) is 24.0 Å². The lowest BCUT2D eigenvalue weighted by molar-refractivity contribution is 0.771. The second-order valence-electron chi connectivity index (χ2n) is 3.55. The van der Waals surface area contributed by atoms with Crippen molar-refractivity contribution < 1.29 is 0 Å². The summed E-state index contributed by atoms with van der Waals surface area (Å²) < 4.78 is 0. The first-order valence-corrected chi connectivity index (χ1v) is 5.96. The van der Waals surface area contributed by atoms with Crippen molar-refractivity contribution in [3.05, 3.63) is 33.7 Å². The van der Waals surface area contributed by atoms with Gasteiger partial charge in [-0.05, 0) is 29.7 Å². The Morgan fingerprint density at radius 3 is 3.14 bits per heavy atom. The third-order valence-electron chi connectivity index (χ3n) is 2.62. The van der Waals surface area contributed by atoms with Gasteiger partial charge in [0.05, 0.1) is 0 Å². The molecular formula is C10H14N2OS. The topological polar surface area (TPSA) is 58.9 Å². The molecule has 0 aliphatic carbocycles. The zero-order valence-corrected chi connectivity index (χ0v) is 8.77. The van der Waals surface area contributed by atoms with E-state index in [9.17, 15) is 4.79 Å². The van der Waals surface area contributed by atoms with Crippen molar-refractivity contribution >= 4 is 11.8 Å². The van der Waals surface area contributed by atoms with Crippen molar-refractivity contribution in [2.24, 2.45) is 5.73 Å². The first kappa shape index (κ1) is 9.80. The van der Waals surface area contributed by atoms with Crippen molar-refractivity contribution in [1.29, 1.82) is 0 Å². The molecule has 1 saturated heterocycles. The van der Waals surface area contributed by atoms with Crippen LogP contribution in [-0.2, 0) is 6.54 Å². The van der Waals surface area contributed by atoms with Crippen molar-refractivity contribution in [2.75, 3.05) is 11.5 Å². The third kappa shape index (κ3) is 1.86. The van der Waals surface area contributed by atoms with Crippen LogP contribution < -0.4 is 11.3 Å². The number of thioether (sulfide) groups is 1. The molecule has 0 radical (unpaired) electrons. The first-order chi connectivity index (χ1) is 6.81. The fourth-order valence-corrected chi connectivity index (χ4v) is 3.00. The maximum atomic E-state index is 11.3. The van der Waals surface area contributed by atoms with Crippen molar-refractivity contribution in [3.63, 3.8) is 0 Å². The molecule has 1 aromatic rings. The Balaban J connectivity index is 2.30. The van der Waals surface area contributed by atoms with Gasteiger partial charge in [-0.25, -0.2) is 0 Å². The molecule has 4 heteroatoms. The van der Waals surface area contributed by atoms with E-state index in [1.54, 1.807) is 0 Å². The molecular weight excluding hydrogens is 196 g/mol. The highest BCUT2D eigenvalue weighted by atomic mass is 32.2. The lowest BCUT2D eigenvalue weighted by Crippen LogP contribution is -2.16. The maximum Gasteiger partial charge on any atom is 0.252 e. The number of nitrogens with two attached hydrogens (primary N) is 1. The van der Waals surface area contributed by atoms with Crippen LogP contribution in [0.5, 0.6) is 0 Å². The standard InChI is InChI=1S/C10H14N2OS/c11-4-8-3-9(5-12-10(8)13)7-1-2-14-6-7/h3,5,7H,1-2,4,6,11H2,(H,12,13). The molecule has 76 valence electrons. The van der Waals surface area contributed by atoms with Gasteiger partial charge in [0.1, 0.15) is 0 Å². The zero-order chi connectivity index (χ0) is 9.97. The van der Waals surface area contributed by atoms with E-state index in [-0.39, 0.29) is 5.56 Å². The van der Waals surface area contributed by atoms with E-state index < -0.39 is 0 Å². The highest BCUT2D eigenvalue weighted by Crippen LogP contribution is 2.31. The van der Waals surface area contributed by atoms with E-state index in [4.69, 9.17) is 5.73 Å². The Bertz CT molecular complexity index is 369. The largest absolute Gasteiger partial charge is 0.329 e. The average Bonchev–Trinajstić information content (AvgIpc) is 2.71. The van der Waals surface area contributed by atoms with Gasteiger partial charge in [-0.15, -0.1) is 0 Å². The lowest BCUT2D eigenvalue weighted by atomic mass is 9.99. The fraction of sp³-hybridized carbons (Fsp3) is 0.500. The van der Waals surface area contributed by atoms with Gasteiger partial charge in [-0.3, -0.25) is 4.79 Å². The number of hydrogen-bond donors (Lipinski definition) is 2. The van der Waals surface area contributed by atoms with E-state index in [2.05, 4.69) is 4.98 Å². The summed E-state index contributed by atoms with van der Waals surface area (Å²) in [5.74, 6) is 2.99. The summed E-state index contributed by atoms with van der Waals surface area (Å²) in [6.07, 6.45) is 3.04. The molecule has 1 atom stereocenters. The number of nitrogens with one attached hydrogen (secondary N) is 1. The van der Waals surface area contributed by atoms with E-state index >= 15 is 0 Å². The zero-order valence-electron chi connectivity index (χ0n) is 7.95. The monoisotopic (exact) mass is 210 g/mol. The molecule has 1 aliphatic heterocycles. The Morgan fingerprint density at radius 1 is 1.64 bits per heavy atom. The minimum atomic E-state index is -0.0538. The van der Waals surface area contributed by atoms with Crippen LogP contribution in [0.4, 0.5) is 0 Å². The van der Waals surface area contributed by atoms with Gasteiger partial charge in [-0.2, -0.15) is 11.8 Å². The predicted molar refractivity (Wildman–Crippen MR) is 59.6 cm³/mol. The number of rotatable bonds is 2. The summed E-state index contributed by atoms with van der Waals surface area (Å²) in [4.78, 5) is 14.0. The van der Waals surface area contributed by atoms with Crippen molar-refractivity contribution in [3.8, 4) is 0 Å². The first-order valence-electron chi connectivity index (χ1n) is 4.80. The van der Waals surface area contributed by atoms with Crippen molar-refractivity contribution in [2.45, 2.75) is 18.9 Å². The van der Waals surface area contributed by atoms with Gasteiger partial charge in [0.2, 0.25) is 0 Å². The van der Waals surface area contributed by atoms with Gasteiger partial charge in [-0.1, -0.05) is 0 Å². The van der Waals surface area contributed by atoms with Crippen LogP contribution in [0.15, 0.2) is 17.1 Å². The quantitative estimate of drug-likeness (QED) is 0.767. The van der Waals surface area contributed by atoms with E-state index in [1.165, 1.54) is 17.7 Å². The molecule has 1 fully saturated rings. The minimum absolute atomic E-state index is 0.0538. The summed E-state index contributed by atoms with van der Waals surface area (Å²) >= 11 is 1.97. The van der Waals surface area contributed by atoms with Crippen LogP contribution in [-0.4, -0.2) is 16.5 Å². The number of aromatic nitrogens is 1. The molecule has 1 aromatic heterocycles. The maximum absolute atomic E-state index is 11.3. The number of H-pyrrole nitrogens is 1. The normalized spacial score (nSPS) is 21.4. The average molecular weight is 210 g/mol. The third-order valence-corrected chi connectivity index (χ3v) is 3.79. The Kier molecular flexibility index (Phi) is 2.93. The number of pyridine rings is 1. The van der Waals surface area contributed by atoms with Gasteiger partial charge < -0.3 is 10.7 Å². The molecule has 2 heterocycles. The molecule has 0 aromatic carbocycles. The van der Waals surface area contributed by atoms with E-state index in [0.717, 1.165) is 5.75 Å². The smallest absolute Gasteiger partial charge is 0.252 e. The SMILES string of the molecule is NCc1cc(C2CCSC2)c[nH]c1=O. The second kappa shape index (κ2) is 4.19. The summed E-state index contributed by atoms with van der Waals surface area (Å²) in [5.41, 5.74) is 7.36. The van der Waals surface area contributed by atoms with Crippen LogP contribution in [0, 0.1) is 0 Å². The molecule has 3 nitrogen and oxygen atoms in total. The van der Waals surface area contributed by atoms with E-state index in [0.29, 0.717) is 18.0 Å². The molecule has 0 bridgehead atoms. The summed E-state index contributed by atoms with van der Waals surface area (Å²) in [7, 11) is 0. The molecule has 0 amide bonds. The van der Waals surface area contributed by atoms with Gasteiger partial charge >= 0.3 is 0 Å². The van der Waals surface area contributed by atoms with Crippen LogP contribution in [0.2, 0.25) is 0 Å². The Hall–Kier alpha value is -0.740. The Labute approximate surface area is 87.1 Å². The molecule has 1 unspecified atom stereocenters. The van der Waals surface area contributed by atoms with Crippen molar-refractivity contribution in [1.82, 2.24) is 4.98 Å². The number of aromatic amines is 1. The Morgan fingerprint density at radius 2 is 2.50 bits per heavy atom. The highest BCUT2D eigenvalue weighted by molar-refractivity contribution is 7.99. The van der Waals surface area contributed by atoms with Crippen LogP contribution in [0.1, 0.15) is 23.5 Å². The van der Waals surface area contributed by atoms with Gasteiger partial charge in [0, 0.05) is 24.1 Å². The summed E-state index contributed by atoms with van der Waals surface area (Å²) in [5, 5.41) is 0. The molecule has 0 spiro atoms. The van der Waals surface area contributed by atoms with Crippen LogP contribution >= 0.6 is 11.8 Å². The molecule has 1 aliphatic rings. The minimum Gasteiger partial charge on any atom is -0.329 e. The summed E-state index contributed by atoms with van der Waals surface area (Å²) in [6, 6.07) is 1.95. The molecule has 0 saturated carbocycles.